The van der Waals surface area contributed by atoms with E-state index in [1.165, 1.54) is 26.4 Å². The van der Waals surface area contributed by atoms with Crippen LogP contribution in [0.2, 0.25) is 0 Å². The third-order valence-corrected chi connectivity index (χ3v) is 5.37. The number of hydrogen-bond donors (Lipinski definition) is 1. The Labute approximate surface area is 169 Å². The van der Waals surface area contributed by atoms with Gasteiger partial charge in [-0.15, -0.1) is 0 Å². The molecule has 0 spiro atoms. The second kappa shape index (κ2) is 7.95. The van der Waals surface area contributed by atoms with Crippen LogP contribution in [0.4, 0.5) is 4.39 Å². The number of aliphatic hydroxyl groups excluding tert-OH is 1. The maximum atomic E-state index is 13.5. The van der Waals surface area contributed by atoms with Crippen molar-refractivity contribution in [3.05, 3.63) is 58.4 Å². The number of halogens is 1. The first-order valence-corrected chi connectivity index (χ1v) is 9.44. The molecule has 0 heterocycles. The van der Waals surface area contributed by atoms with E-state index in [4.69, 9.17) is 9.47 Å². The lowest BCUT2D eigenvalue weighted by atomic mass is 9.69. The van der Waals surface area contributed by atoms with Gasteiger partial charge in [0.05, 0.1) is 32.3 Å². The first kappa shape index (κ1) is 21.0. The number of ether oxygens (including phenoxy) is 2. The minimum absolute atomic E-state index is 0.112. The average molecular weight is 400 g/mol. The van der Waals surface area contributed by atoms with Gasteiger partial charge in [0.15, 0.2) is 0 Å². The van der Waals surface area contributed by atoms with E-state index in [1.54, 1.807) is 18.2 Å². The molecule has 0 saturated heterocycles. The summed E-state index contributed by atoms with van der Waals surface area (Å²) in [6.45, 7) is 4.12. The zero-order valence-electron chi connectivity index (χ0n) is 17.0. The Morgan fingerprint density at radius 3 is 2.41 bits per heavy atom. The summed E-state index contributed by atoms with van der Waals surface area (Å²) in [6.07, 6.45) is 0.275. The third kappa shape index (κ3) is 4.17. The van der Waals surface area contributed by atoms with Crippen molar-refractivity contribution in [3.8, 4) is 11.1 Å². The van der Waals surface area contributed by atoms with Crippen LogP contribution in [0.25, 0.3) is 11.1 Å². The smallest absolute Gasteiger partial charge is 0.338 e. The zero-order valence-corrected chi connectivity index (χ0v) is 17.0. The van der Waals surface area contributed by atoms with Crippen molar-refractivity contribution in [1.29, 1.82) is 0 Å². The first-order chi connectivity index (χ1) is 13.7. The van der Waals surface area contributed by atoms with E-state index in [0.717, 1.165) is 5.56 Å². The van der Waals surface area contributed by atoms with Crippen molar-refractivity contribution >= 4 is 11.9 Å². The van der Waals surface area contributed by atoms with E-state index in [2.05, 4.69) is 13.8 Å². The zero-order chi connectivity index (χ0) is 21.3. The van der Waals surface area contributed by atoms with Crippen LogP contribution in [0.15, 0.2) is 30.3 Å². The van der Waals surface area contributed by atoms with Crippen molar-refractivity contribution in [2.45, 2.75) is 39.2 Å². The van der Waals surface area contributed by atoms with Crippen molar-refractivity contribution in [1.82, 2.24) is 0 Å². The molecule has 154 valence electrons. The second-order valence-electron chi connectivity index (χ2n) is 8.17. The van der Waals surface area contributed by atoms with E-state index < -0.39 is 23.9 Å². The molecule has 1 aliphatic carbocycles. The van der Waals surface area contributed by atoms with Crippen LogP contribution in [0.1, 0.15) is 53.4 Å². The van der Waals surface area contributed by atoms with Crippen LogP contribution in [-0.4, -0.2) is 31.3 Å². The number of benzene rings is 2. The van der Waals surface area contributed by atoms with Gasteiger partial charge in [0, 0.05) is 5.56 Å². The molecule has 1 aliphatic rings. The van der Waals surface area contributed by atoms with E-state index >= 15 is 0 Å². The van der Waals surface area contributed by atoms with Gasteiger partial charge in [-0.3, -0.25) is 4.79 Å². The van der Waals surface area contributed by atoms with Gasteiger partial charge < -0.3 is 14.6 Å². The molecule has 2 aromatic carbocycles. The fourth-order valence-electron chi connectivity index (χ4n) is 4.17. The molecule has 29 heavy (non-hydrogen) atoms. The lowest BCUT2D eigenvalue weighted by Gasteiger charge is -2.37. The van der Waals surface area contributed by atoms with Gasteiger partial charge in [-0.25, -0.2) is 9.18 Å². The Bertz CT molecular complexity index is 947. The molecule has 0 radical (unpaired) electrons. The Hall–Kier alpha value is -2.73. The number of carbonyl (C=O) groups is 2. The van der Waals surface area contributed by atoms with Crippen LogP contribution in [0.5, 0.6) is 0 Å². The Kier molecular flexibility index (Phi) is 5.75. The fraction of sp³-hybridized carbons (Fsp3) is 0.391. The maximum Gasteiger partial charge on any atom is 0.338 e. The third-order valence-electron chi connectivity index (χ3n) is 5.37. The maximum absolute atomic E-state index is 13.5. The molecule has 0 fully saturated rings. The minimum Gasteiger partial charge on any atom is -0.469 e. The number of hydrogen-bond acceptors (Lipinski definition) is 5. The molecule has 0 saturated carbocycles. The summed E-state index contributed by atoms with van der Waals surface area (Å²) in [7, 11) is 2.55. The van der Waals surface area contributed by atoms with Gasteiger partial charge in [-0.1, -0.05) is 32.0 Å². The topological polar surface area (TPSA) is 72.8 Å². The highest BCUT2D eigenvalue weighted by molar-refractivity contribution is 6.01. The Morgan fingerprint density at radius 2 is 1.83 bits per heavy atom. The number of esters is 2. The minimum atomic E-state index is -0.801. The summed E-state index contributed by atoms with van der Waals surface area (Å²) in [5.41, 5.74) is 3.06. The average Bonchev–Trinajstić information content (AvgIpc) is 2.66. The number of methoxy groups -OCH3 is 2. The summed E-state index contributed by atoms with van der Waals surface area (Å²) in [5, 5.41) is 11.0. The monoisotopic (exact) mass is 400 g/mol. The number of carbonyl (C=O) groups excluding carboxylic acids is 2. The predicted molar refractivity (Wildman–Crippen MR) is 106 cm³/mol. The molecule has 0 aromatic heterocycles. The molecule has 1 unspecified atom stereocenters. The van der Waals surface area contributed by atoms with Crippen LogP contribution in [0, 0.1) is 11.2 Å². The van der Waals surface area contributed by atoms with E-state index in [9.17, 15) is 19.1 Å². The second-order valence-corrected chi connectivity index (χ2v) is 8.17. The summed E-state index contributed by atoms with van der Waals surface area (Å²) in [6, 6.07) is 7.51. The van der Waals surface area contributed by atoms with E-state index in [0.29, 0.717) is 35.1 Å². The van der Waals surface area contributed by atoms with E-state index in [1.807, 2.05) is 0 Å². The number of aliphatic hydroxyl groups is 1. The van der Waals surface area contributed by atoms with Crippen LogP contribution in [-0.2, 0) is 27.1 Å². The summed E-state index contributed by atoms with van der Waals surface area (Å²) < 4.78 is 23.3. The largest absolute Gasteiger partial charge is 0.469 e. The first-order valence-electron chi connectivity index (χ1n) is 9.44. The molecule has 2 aromatic rings. The molecule has 0 bridgehead atoms. The van der Waals surface area contributed by atoms with Gasteiger partial charge in [-0.05, 0) is 52.6 Å². The van der Waals surface area contributed by atoms with Gasteiger partial charge in [-0.2, -0.15) is 0 Å². The highest BCUT2D eigenvalue weighted by Crippen LogP contribution is 2.47. The highest BCUT2D eigenvalue weighted by atomic mass is 19.1. The lowest BCUT2D eigenvalue weighted by molar-refractivity contribution is -0.139. The van der Waals surface area contributed by atoms with Gasteiger partial charge in [0.2, 0.25) is 0 Å². The molecule has 6 heteroatoms. The summed E-state index contributed by atoms with van der Waals surface area (Å²) in [4.78, 5) is 24.8. The lowest BCUT2D eigenvalue weighted by Crippen LogP contribution is -2.28. The van der Waals surface area contributed by atoms with Gasteiger partial charge in [0.1, 0.15) is 5.82 Å². The van der Waals surface area contributed by atoms with Gasteiger partial charge >= 0.3 is 11.9 Å². The van der Waals surface area contributed by atoms with Crippen LogP contribution >= 0.6 is 0 Å². The fourth-order valence-corrected chi connectivity index (χ4v) is 4.17. The molecule has 1 atom stereocenters. The van der Waals surface area contributed by atoms with Gasteiger partial charge in [0.25, 0.3) is 0 Å². The van der Waals surface area contributed by atoms with Crippen LogP contribution < -0.4 is 0 Å². The van der Waals surface area contributed by atoms with Crippen molar-refractivity contribution < 1.29 is 28.6 Å². The SMILES string of the molecule is COC(=O)Cc1cc2c(c(-c3ccc(F)cc3)c1C(=O)OC)C(O)CC(C)(C)C2. The van der Waals surface area contributed by atoms with Crippen molar-refractivity contribution in [3.63, 3.8) is 0 Å². The molecule has 3 rings (SSSR count). The molecular formula is C23H25FO5. The Morgan fingerprint density at radius 1 is 1.17 bits per heavy atom. The molecule has 1 N–H and O–H groups in total. The highest BCUT2D eigenvalue weighted by Gasteiger charge is 2.36. The molecular weight excluding hydrogens is 375 g/mol. The normalized spacial score (nSPS) is 17.4. The quantitative estimate of drug-likeness (QED) is 0.786. The Balaban J connectivity index is 2.37. The molecule has 5 nitrogen and oxygen atoms in total. The molecule has 0 amide bonds. The summed E-state index contributed by atoms with van der Waals surface area (Å²) in [5.74, 6) is -1.52. The number of fused-ring (bicyclic) bond motifs is 1. The van der Waals surface area contributed by atoms with Crippen molar-refractivity contribution in [2.75, 3.05) is 14.2 Å². The summed E-state index contributed by atoms with van der Waals surface area (Å²) >= 11 is 0. The van der Waals surface area contributed by atoms with Crippen LogP contribution in [0.3, 0.4) is 0 Å². The number of rotatable bonds is 4. The standard InChI is InChI=1S/C23H25FO5/c1-23(2)11-15-9-14(10-18(26)28-3)21(22(27)29-4)20(19(15)17(25)12-23)13-5-7-16(24)8-6-13/h5-9,17,25H,10-12H2,1-4H3. The molecule has 0 aliphatic heterocycles. The van der Waals surface area contributed by atoms with E-state index in [-0.39, 0.29) is 17.4 Å². The van der Waals surface area contributed by atoms with Crippen molar-refractivity contribution in [2.24, 2.45) is 5.41 Å². The predicted octanol–water partition coefficient (Wildman–Crippen LogP) is 4.00.